The number of hydrogen-bond donors (Lipinski definition) is 1. The summed E-state index contributed by atoms with van der Waals surface area (Å²) in [4.78, 5) is 11.3. The fraction of sp³-hybridized carbons (Fsp3) is 0.462. The van der Waals surface area contributed by atoms with Crippen LogP contribution in [-0.4, -0.2) is 23.8 Å². The standard InChI is InChI=1S/C13H17ClO4/c1-8(2)18-13(16)7-17-12-5-4-10(14)6-11(12)9(3)15/h4-6,8-9,15H,7H2,1-3H3/t9-/m0/s1. The molecule has 1 aromatic rings. The monoisotopic (exact) mass is 272 g/mol. The van der Waals surface area contributed by atoms with E-state index in [1.807, 2.05) is 0 Å². The van der Waals surface area contributed by atoms with Crippen molar-refractivity contribution in [3.05, 3.63) is 28.8 Å². The van der Waals surface area contributed by atoms with Crippen LogP contribution < -0.4 is 4.74 Å². The van der Waals surface area contributed by atoms with Gasteiger partial charge in [-0.25, -0.2) is 4.79 Å². The van der Waals surface area contributed by atoms with E-state index in [2.05, 4.69) is 0 Å². The first-order chi connectivity index (χ1) is 8.40. The molecular weight excluding hydrogens is 256 g/mol. The Kier molecular flexibility index (Phi) is 5.44. The molecule has 0 spiro atoms. The molecule has 0 fully saturated rings. The van der Waals surface area contributed by atoms with Gasteiger partial charge in [0.05, 0.1) is 12.2 Å². The second-order valence-corrected chi connectivity index (χ2v) is 4.62. The highest BCUT2D eigenvalue weighted by Gasteiger charge is 2.12. The van der Waals surface area contributed by atoms with Crippen molar-refractivity contribution in [2.75, 3.05) is 6.61 Å². The molecule has 1 rings (SSSR count). The normalized spacial score (nSPS) is 12.3. The zero-order valence-electron chi connectivity index (χ0n) is 10.6. The van der Waals surface area contributed by atoms with Gasteiger partial charge in [-0.3, -0.25) is 0 Å². The van der Waals surface area contributed by atoms with Crippen LogP contribution in [0.1, 0.15) is 32.4 Å². The Bertz CT molecular complexity index is 415. The van der Waals surface area contributed by atoms with Crippen LogP contribution in [0.2, 0.25) is 5.02 Å². The molecule has 1 aromatic carbocycles. The number of hydrogen-bond acceptors (Lipinski definition) is 4. The first-order valence-corrected chi connectivity index (χ1v) is 6.07. The van der Waals surface area contributed by atoms with Crippen LogP contribution in [0.15, 0.2) is 18.2 Å². The lowest BCUT2D eigenvalue weighted by atomic mass is 10.1. The molecule has 0 bridgehead atoms. The summed E-state index contributed by atoms with van der Waals surface area (Å²) >= 11 is 5.83. The van der Waals surface area contributed by atoms with Crippen molar-refractivity contribution in [1.82, 2.24) is 0 Å². The maximum Gasteiger partial charge on any atom is 0.344 e. The highest BCUT2D eigenvalue weighted by atomic mass is 35.5. The number of halogens is 1. The molecule has 0 saturated carbocycles. The molecule has 18 heavy (non-hydrogen) atoms. The van der Waals surface area contributed by atoms with Crippen molar-refractivity contribution in [2.24, 2.45) is 0 Å². The molecule has 4 nitrogen and oxygen atoms in total. The van der Waals surface area contributed by atoms with Gasteiger partial charge in [-0.15, -0.1) is 0 Å². The van der Waals surface area contributed by atoms with E-state index in [9.17, 15) is 9.90 Å². The maximum atomic E-state index is 11.3. The number of benzene rings is 1. The van der Waals surface area contributed by atoms with Crippen LogP contribution in [0, 0.1) is 0 Å². The maximum absolute atomic E-state index is 11.3. The van der Waals surface area contributed by atoms with Crippen molar-refractivity contribution in [1.29, 1.82) is 0 Å². The van der Waals surface area contributed by atoms with Crippen LogP contribution in [0.25, 0.3) is 0 Å². The molecule has 0 aliphatic heterocycles. The van der Waals surface area contributed by atoms with Gasteiger partial charge in [0.25, 0.3) is 0 Å². The smallest absolute Gasteiger partial charge is 0.344 e. The number of carbonyl (C=O) groups is 1. The van der Waals surface area contributed by atoms with Gasteiger partial charge in [-0.1, -0.05) is 11.6 Å². The van der Waals surface area contributed by atoms with Crippen LogP contribution in [0.4, 0.5) is 0 Å². The molecule has 0 aromatic heterocycles. The van der Waals surface area contributed by atoms with Crippen LogP contribution in [0.3, 0.4) is 0 Å². The second-order valence-electron chi connectivity index (χ2n) is 4.19. The Morgan fingerprint density at radius 3 is 2.61 bits per heavy atom. The molecule has 0 radical (unpaired) electrons. The predicted octanol–water partition coefficient (Wildman–Crippen LogP) is 2.72. The number of rotatable bonds is 5. The quantitative estimate of drug-likeness (QED) is 0.838. The van der Waals surface area contributed by atoms with E-state index >= 15 is 0 Å². The number of esters is 1. The summed E-state index contributed by atoms with van der Waals surface area (Å²) in [6, 6.07) is 4.86. The van der Waals surface area contributed by atoms with Crippen LogP contribution in [-0.2, 0) is 9.53 Å². The summed E-state index contributed by atoms with van der Waals surface area (Å²) in [5.74, 6) is -0.0217. The Hall–Kier alpha value is -1.26. The Morgan fingerprint density at radius 2 is 2.06 bits per heavy atom. The predicted molar refractivity (Wildman–Crippen MR) is 68.8 cm³/mol. The second kappa shape index (κ2) is 6.61. The minimum absolute atomic E-state index is 0.178. The lowest BCUT2D eigenvalue weighted by Gasteiger charge is -2.14. The topological polar surface area (TPSA) is 55.8 Å². The van der Waals surface area contributed by atoms with Gasteiger partial charge in [0.15, 0.2) is 6.61 Å². The average molecular weight is 273 g/mol. The number of ether oxygens (including phenoxy) is 2. The minimum Gasteiger partial charge on any atom is -0.482 e. The fourth-order valence-corrected chi connectivity index (χ4v) is 1.59. The fourth-order valence-electron chi connectivity index (χ4n) is 1.41. The molecule has 100 valence electrons. The Balaban J connectivity index is 2.70. The summed E-state index contributed by atoms with van der Waals surface area (Å²) in [5.41, 5.74) is 0.542. The first kappa shape index (κ1) is 14.8. The zero-order chi connectivity index (χ0) is 13.7. The zero-order valence-corrected chi connectivity index (χ0v) is 11.4. The first-order valence-electron chi connectivity index (χ1n) is 5.70. The summed E-state index contributed by atoms with van der Waals surface area (Å²) in [7, 11) is 0. The van der Waals surface area contributed by atoms with Crippen molar-refractivity contribution in [3.63, 3.8) is 0 Å². The average Bonchev–Trinajstić information content (AvgIpc) is 2.26. The van der Waals surface area contributed by atoms with E-state index < -0.39 is 12.1 Å². The Morgan fingerprint density at radius 1 is 1.39 bits per heavy atom. The van der Waals surface area contributed by atoms with Crippen molar-refractivity contribution in [2.45, 2.75) is 33.0 Å². The summed E-state index contributed by atoms with van der Waals surface area (Å²) in [6.07, 6.45) is -0.901. The van der Waals surface area contributed by atoms with Gasteiger partial charge in [-0.2, -0.15) is 0 Å². The van der Waals surface area contributed by atoms with Crippen LogP contribution in [0.5, 0.6) is 5.75 Å². The molecule has 1 N–H and O–H groups in total. The van der Waals surface area contributed by atoms with E-state index in [-0.39, 0.29) is 12.7 Å². The lowest BCUT2D eigenvalue weighted by molar-refractivity contribution is -0.149. The highest BCUT2D eigenvalue weighted by Crippen LogP contribution is 2.28. The molecular formula is C13H17ClO4. The number of carbonyl (C=O) groups excluding carboxylic acids is 1. The van der Waals surface area contributed by atoms with E-state index in [0.29, 0.717) is 16.3 Å². The molecule has 0 unspecified atom stereocenters. The number of aliphatic hydroxyl groups excluding tert-OH is 1. The third-order valence-electron chi connectivity index (χ3n) is 2.13. The lowest BCUT2D eigenvalue weighted by Crippen LogP contribution is -2.19. The van der Waals surface area contributed by atoms with Crippen molar-refractivity contribution in [3.8, 4) is 5.75 Å². The summed E-state index contributed by atoms with van der Waals surface area (Å²) < 4.78 is 10.3. The number of aliphatic hydroxyl groups is 1. The van der Waals surface area contributed by atoms with Gasteiger partial charge < -0.3 is 14.6 Å². The SMILES string of the molecule is CC(C)OC(=O)COc1ccc(Cl)cc1[C@H](C)O. The van der Waals surface area contributed by atoms with Gasteiger partial charge in [0, 0.05) is 10.6 Å². The van der Waals surface area contributed by atoms with E-state index in [1.165, 1.54) is 0 Å². The third kappa shape index (κ3) is 4.55. The Labute approximate surface area is 111 Å². The van der Waals surface area contributed by atoms with Gasteiger partial charge in [-0.05, 0) is 39.0 Å². The van der Waals surface area contributed by atoms with Crippen molar-refractivity contribution >= 4 is 17.6 Å². The van der Waals surface area contributed by atoms with Gasteiger partial charge >= 0.3 is 5.97 Å². The van der Waals surface area contributed by atoms with E-state index in [0.717, 1.165) is 0 Å². The molecule has 0 heterocycles. The molecule has 1 atom stereocenters. The molecule has 5 heteroatoms. The van der Waals surface area contributed by atoms with E-state index in [1.54, 1.807) is 39.0 Å². The molecule has 0 aliphatic carbocycles. The summed E-state index contributed by atoms with van der Waals surface area (Å²) in [6.45, 7) is 4.94. The summed E-state index contributed by atoms with van der Waals surface area (Å²) in [5, 5.41) is 10.1. The molecule has 0 amide bonds. The molecule has 0 aliphatic rings. The van der Waals surface area contributed by atoms with E-state index in [4.69, 9.17) is 21.1 Å². The highest BCUT2D eigenvalue weighted by molar-refractivity contribution is 6.30. The van der Waals surface area contributed by atoms with Crippen molar-refractivity contribution < 1.29 is 19.4 Å². The third-order valence-corrected chi connectivity index (χ3v) is 2.37. The van der Waals surface area contributed by atoms with Gasteiger partial charge in [0.2, 0.25) is 0 Å². The van der Waals surface area contributed by atoms with Gasteiger partial charge in [0.1, 0.15) is 5.75 Å². The minimum atomic E-state index is -0.722. The largest absolute Gasteiger partial charge is 0.482 e. The van der Waals surface area contributed by atoms with Crippen LogP contribution >= 0.6 is 11.6 Å². The molecule has 0 saturated heterocycles.